The van der Waals surface area contributed by atoms with Crippen LogP contribution in [0.15, 0.2) is 18.2 Å². The summed E-state index contributed by atoms with van der Waals surface area (Å²) in [6, 6.07) is 6.28. The normalized spacial score (nSPS) is 10.1. The van der Waals surface area contributed by atoms with Crippen LogP contribution in [0.5, 0.6) is 0 Å². The molecule has 15 heavy (non-hydrogen) atoms. The molecule has 0 heterocycles. The number of hydrogen-bond acceptors (Lipinski definition) is 2. The third kappa shape index (κ3) is 3.27. The molecule has 0 radical (unpaired) electrons. The molecule has 0 saturated carbocycles. The molecule has 0 unspecified atom stereocenters. The van der Waals surface area contributed by atoms with Gasteiger partial charge in [-0.2, -0.15) is 12.6 Å². The fraction of sp³-hybridized carbons (Fsp3) is 0.417. The van der Waals surface area contributed by atoms with Crippen molar-refractivity contribution in [2.24, 2.45) is 0 Å². The van der Waals surface area contributed by atoms with Gasteiger partial charge in [0.25, 0.3) is 0 Å². The summed E-state index contributed by atoms with van der Waals surface area (Å²) >= 11 is 3.97. The fourth-order valence-electron chi connectivity index (χ4n) is 1.49. The van der Waals surface area contributed by atoms with Crippen molar-refractivity contribution in [3.05, 3.63) is 34.9 Å². The van der Waals surface area contributed by atoms with E-state index >= 15 is 0 Å². The molecule has 1 rings (SSSR count). The number of nitrogens with zero attached hydrogens (tertiary/aromatic N) is 1. The zero-order valence-corrected chi connectivity index (χ0v) is 10.3. The van der Waals surface area contributed by atoms with Crippen LogP contribution in [0.4, 0.5) is 0 Å². The van der Waals surface area contributed by atoms with E-state index in [-0.39, 0.29) is 11.7 Å². The first-order chi connectivity index (χ1) is 7.04. The predicted molar refractivity (Wildman–Crippen MR) is 66.2 cm³/mol. The van der Waals surface area contributed by atoms with E-state index in [1.54, 1.807) is 11.9 Å². The second kappa shape index (κ2) is 5.21. The molecule has 1 aromatic carbocycles. The van der Waals surface area contributed by atoms with Crippen LogP contribution in [0.2, 0.25) is 0 Å². The van der Waals surface area contributed by atoms with Gasteiger partial charge < -0.3 is 4.90 Å². The van der Waals surface area contributed by atoms with Gasteiger partial charge in [0.15, 0.2) is 0 Å². The maximum absolute atomic E-state index is 11.3. The molecule has 0 bridgehead atoms. The summed E-state index contributed by atoms with van der Waals surface area (Å²) in [4.78, 5) is 13.0. The second-order valence-electron chi connectivity index (χ2n) is 3.84. The minimum atomic E-state index is 0.0540. The average molecular weight is 223 g/mol. The van der Waals surface area contributed by atoms with Gasteiger partial charge in [-0.05, 0) is 25.0 Å². The number of benzene rings is 1. The van der Waals surface area contributed by atoms with E-state index in [1.807, 2.05) is 0 Å². The van der Waals surface area contributed by atoms with Crippen LogP contribution in [-0.2, 0) is 11.3 Å². The Morgan fingerprint density at radius 2 is 2.07 bits per heavy atom. The number of aryl methyl sites for hydroxylation is 2. The Morgan fingerprint density at radius 1 is 1.40 bits per heavy atom. The number of rotatable bonds is 3. The summed E-state index contributed by atoms with van der Waals surface area (Å²) in [5, 5.41) is 0. The van der Waals surface area contributed by atoms with E-state index in [0.717, 1.165) is 0 Å². The highest BCUT2D eigenvalue weighted by molar-refractivity contribution is 7.81. The third-order valence-corrected chi connectivity index (χ3v) is 2.74. The first kappa shape index (κ1) is 12.1. The quantitative estimate of drug-likeness (QED) is 0.779. The molecule has 1 amide bonds. The number of carbonyl (C=O) groups is 1. The van der Waals surface area contributed by atoms with Crippen molar-refractivity contribution >= 4 is 18.5 Å². The molecule has 0 aliphatic rings. The van der Waals surface area contributed by atoms with E-state index in [2.05, 4.69) is 44.7 Å². The van der Waals surface area contributed by atoms with Gasteiger partial charge in [0.05, 0.1) is 5.75 Å². The number of hydrogen-bond donors (Lipinski definition) is 1. The lowest BCUT2D eigenvalue weighted by Gasteiger charge is -2.17. The lowest BCUT2D eigenvalue weighted by atomic mass is 10.1. The molecule has 82 valence electrons. The molecular formula is C12H17NOS. The molecule has 0 fully saturated rings. The lowest BCUT2D eigenvalue weighted by molar-refractivity contribution is -0.127. The van der Waals surface area contributed by atoms with Crippen LogP contribution in [0, 0.1) is 13.8 Å². The first-order valence-corrected chi connectivity index (χ1v) is 5.58. The molecule has 0 aliphatic carbocycles. The molecule has 0 saturated heterocycles. The van der Waals surface area contributed by atoms with Gasteiger partial charge in [0.1, 0.15) is 0 Å². The largest absolute Gasteiger partial charge is 0.341 e. The molecule has 0 aliphatic heterocycles. The van der Waals surface area contributed by atoms with Crippen molar-refractivity contribution < 1.29 is 4.79 Å². The van der Waals surface area contributed by atoms with Crippen molar-refractivity contribution in [2.45, 2.75) is 20.4 Å². The predicted octanol–water partition coefficient (Wildman–Crippen LogP) is 2.19. The Balaban J connectivity index is 2.76. The van der Waals surface area contributed by atoms with E-state index in [9.17, 15) is 4.79 Å². The van der Waals surface area contributed by atoms with Crippen molar-refractivity contribution in [3.63, 3.8) is 0 Å². The van der Waals surface area contributed by atoms with Crippen LogP contribution in [0.3, 0.4) is 0 Å². The number of thiol groups is 1. The topological polar surface area (TPSA) is 20.3 Å². The maximum atomic E-state index is 11.3. The summed E-state index contributed by atoms with van der Waals surface area (Å²) < 4.78 is 0. The fourth-order valence-corrected chi connectivity index (χ4v) is 1.73. The van der Waals surface area contributed by atoms with Crippen molar-refractivity contribution in [3.8, 4) is 0 Å². The second-order valence-corrected chi connectivity index (χ2v) is 4.15. The zero-order chi connectivity index (χ0) is 11.4. The molecule has 3 heteroatoms. The molecule has 2 nitrogen and oxygen atoms in total. The summed E-state index contributed by atoms with van der Waals surface area (Å²) in [5.74, 6) is 0.319. The summed E-state index contributed by atoms with van der Waals surface area (Å²) in [6.45, 7) is 4.80. The Bertz CT molecular complexity index is 363. The lowest BCUT2D eigenvalue weighted by Crippen LogP contribution is -2.27. The Labute approximate surface area is 96.7 Å². The summed E-state index contributed by atoms with van der Waals surface area (Å²) in [7, 11) is 1.80. The van der Waals surface area contributed by atoms with Crippen LogP contribution < -0.4 is 0 Å². The minimum Gasteiger partial charge on any atom is -0.341 e. The van der Waals surface area contributed by atoms with Gasteiger partial charge in [-0.25, -0.2) is 0 Å². The van der Waals surface area contributed by atoms with Gasteiger partial charge in [-0.3, -0.25) is 4.79 Å². The van der Waals surface area contributed by atoms with Gasteiger partial charge >= 0.3 is 0 Å². The number of amides is 1. The summed E-state index contributed by atoms with van der Waals surface area (Å²) in [5.41, 5.74) is 3.67. The zero-order valence-electron chi connectivity index (χ0n) is 9.45. The van der Waals surface area contributed by atoms with Crippen LogP contribution in [0.1, 0.15) is 16.7 Å². The van der Waals surface area contributed by atoms with E-state index in [0.29, 0.717) is 6.54 Å². The molecule has 0 N–H and O–H groups in total. The first-order valence-electron chi connectivity index (χ1n) is 4.95. The molecule has 0 spiro atoms. The van der Waals surface area contributed by atoms with Gasteiger partial charge in [0.2, 0.25) is 5.91 Å². The van der Waals surface area contributed by atoms with Crippen LogP contribution in [0.25, 0.3) is 0 Å². The standard InChI is InChI=1S/C12H17NOS/c1-9-4-5-11(10(2)6-9)7-13(3)12(14)8-15/h4-6,15H,7-8H2,1-3H3. The van der Waals surface area contributed by atoms with Gasteiger partial charge in [-0.1, -0.05) is 23.8 Å². The molecule has 0 atom stereocenters. The third-order valence-electron chi connectivity index (χ3n) is 2.47. The van der Waals surface area contributed by atoms with Crippen LogP contribution in [-0.4, -0.2) is 23.6 Å². The number of carbonyl (C=O) groups excluding carboxylic acids is 1. The highest BCUT2D eigenvalue weighted by atomic mass is 32.1. The Kier molecular flexibility index (Phi) is 4.21. The van der Waals surface area contributed by atoms with Crippen LogP contribution >= 0.6 is 12.6 Å². The van der Waals surface area contributed by atoms with E-state index in [4.69, 9.17) is 0 Å². The van der Waals surface area contributed by atoms with E-state index < -0.39 is 0 Å². The highest BCUT2D eigenvalue weighted by Gasteiger charge is 2.08. The Hall–Kier alpha value is -0.960. The van der Waals surface area contributed by atoms with Crippen molar-refractivity contribution in [1.82, 2.24) is 4.90 Å². The monoisotopic (exact) mass is 223 g/mol. The molecular weight excluding hydrogens is 206 g/mol. The Morgan fingerprint density at radius 3 is 2.60 bits per heavy atom. The SMILES string of the molecule is Cc1ccc(CN(C)C(=O)CS)c(C)c1. The smallest absolute Gasteiger partial charge is 0.232 e. The van der Waals surface area contributed by atoms with Crippen molar-refractivity contribution in [2.75, 3.05) is 12.8 Å². The molecule has 1 aromatic rings. The van der Waals surface area contributed by atoms with Gasteiger partial charge in [0, 0.05) is 13.6 Å². The van der Waals surface area contributed by atoms with Gasteiger partial charge in [-0.15, -0.1) is 0 Å². The molecule has 0 aromatic heterocycles. The van der Waals surface area contributed by atoms with E-state index in [1.165, 1.54) is 16.7 Å². The highest BCUT2D eigenvalue weighted by Crippen LogP contribution is 2.12. The van der Waals surface area contributed by atoms with Crippen molar-refractivity contribution in [1.29, 1.82) is 0 Å². The minimum absolute atomic E-state index is 0.0540. The average Bonchev–Trinajstić information content (AvgIpc) is 2.20. The summed E-state index contributed by atoms with van der Waals surface area (Å²) in [6.07, 6.45) is 0. The maximum Gasteiger partial charge on any atom is 0.232 e.